The predicted molar refractivity (Wildman–Crippen MR) is 96.2 cm³/mol. The second kappa shape index (κ2) is 7.97. The minimum atomic E-state index is -0.550. The van der Waals surface area contributed by atoms with Crippen LogP contribution in [0, 0.1) is 5.41 Å². The molecule has 2 rings (SSSR count). The predicted octanol–water partition coefficient (Wildman–Crippen LogP) is 1.63. The lowest BCUT2D eigenvalue weighted by molar-refractivity contribution is -0.0281. The van der Waals surface area contributed by atoms with Crippen LogP contribution in [0.25, 0.3) is 0 Å². The summed E-state index contributed by atoms with van der Waals surface area (Å²) in [5, 5.41) is 26.7. The van der Waals surface area contributed by atoms with Gasteiger partial charge < -0.3 is 20.8 Å². The van der Waals surface area contributed by atoms with E-state index in [9.17, 15) is 10.2 Å². The monoisotopic (exact) mass is 411 g/mol. The van der Waals surface area contributed by atoms with E-state index in [4.69, 9.17) is 0 Å². The molecule has 0 aliphatic heterocycles. The van der Waals surface area contributed by atoms with Crippen LogP contribution >= 0.6 is 24.0 Å². The number of aliphatic hydroxyl groups is 2. The van der Waals surface area contributed by atoms with Crippen LogP contribution in [-0.4, -0.2) is 48.0 Å². The maximum atomic E-state index is 10.2. The van der Waals surface area contributed by atoms with Gasteiger partial charge in [-0.15, -0.1) is 24.0 Å². The molecule has 4 N–H and O–H groups in total. The molecular formula is C15H30IN3O2. The van der Waals surface area contributed by atoms with Gasteiger partial charge in [0.15, 0.2) is 5.96 Å². The van der Waals surface area contributed by atoms with Gasteiger partial charge in [-0.3, -0.25) is 4.99 Å². The molecule has 0 amide bonds. The average Bonchev–Trinajstić information content (AvgIpc) is 2.40. The highest BCUT2D eigenvalue weighted by atomic mass is 127. The molecule has 2 aliphatic rings. The van der Waals surface area contributed by atoms with Crippen molar-refractivity contribution in [2.24, 2.45) is 10.4 Å². The summed E-state index contributed by atoms with van der Waals surface area (Å²) in [6.07, 6.45) is 6.84. The highest BCUT2D eigenvalue weighted by molar-refractivity contribution is 14.0. The fraction of sp³-hybridized carbons (Fsp3) is 0.933. The summed E-state index contributed by atoms with van der Waals surface area (Å²) >= 11 is 0. The zero-order chi connectivity index (χ0) is 14.6. The number of nitrogens with one attached hydrogen (secondary N) is 2. The van der Waals surface area contributed by atoms with Crippen LogP contribution in [0.1, 0.15) is 51.9 Å². The lowest BCUT2D eigenvalue weighted by Crippen LogP contribution is -2.53. The molecular weight excluding hydrogens is 381 g/mol. The quantitative estimate of drug-likeness (QED) is 0.322. The summed E-state index contributed by atoms with van der Waals surface area (Å²) < 4.78 is 0. The molecule has 21 heavy (non-hydrogen) atoms. The number of aliphatic hydroxyl groups excluding tert-OH is 1. The fourth-order valence-corrected chi connectivity index (χ4v) is 3.10. The van der Waals surface area contributed by atoms with Crippen molar-refractivity contribution in [3.05, 3.63) is 0 Å². The first-order valence-electron chi connectivity index (χ1n) is 7.82. The van der Waals surface area contributed by atoms with E-state index in [1.54, 1.807) is 7.05 Å². The van der Waals surface area contributed by atoms with Crippen molar-refractivity contribution in [2.45, 2.75) is 63.6 Å². The fourth-order valence-electron chi connectivity index (χ4n) is 3.10. The number of hydrogen-bond acceptors (Lipinski definition) is 3. The minimum Gasteiger partial charge on any atom is -0.392 e. The molecule has 0 aromatic rings. The van der Waals surface area contributed by atoms with Crippen LogP contribution in [0.2, 0.25) is 0 Å². The minimum absolute atomic E-state index is 0. The lowest BCUT2D eigenvalue weighted by Gasteiger charge is -2.39. The molecule has 0 heterocycles. The van der Waals surface area contributed by atoms with Crippen LogP contribution in [0.5, 0.6) is 0 Å². The molecule has 2 fully saturated rings. The van der Waals surface area contributed by atoms with Crippen LogP contribution in [0.4, 0.5) is 0 Å². The molecule has 2 unspecified atom stereocenters. The molecule has 0 radical (unpaired) electrons. The second-order valence-corrected chi connectivity index (χ2v) is 6.77. The number of aliphatic imine (C=N–C) groups is 1. The Bertz CT molecular complexity index is 361. The van der Waals surface area contributed by atoms with Crippen LogP contribution in [0.15, 0.2) is 4.99 Å². The number of nitrogens with zero attached hydrogens (tertiary/aromatic N) is 1. The molecule has 0 aromatic carbocycles. The molecule has 5 nitrogen and oxygen atoms in total. The van der Waals surface area contributed by atoms with Gasteiger partial charge in [0, 0.05) is 25.6 Å². The van der Waals surface area contributed by atoms with Crippen LogP contribution in [0.3, 0.4) is 0 Å². The molecule has 2 saturated carbocycles. The summed E-state index contributed by atoms with van der Waals surface area (Å²) in [5.41, 5.74) is -0.630. The number of guanidine groups is 1. The third kappa shape index (κ3) is 4.96. The van der Waals surface area contributed by atoms with Crippen molar-refractivity contribution in [3.63, 3.8) is 0 Å². The summed E-state index contributed by atoms with van der Waals surface area (Å²) in [6.45, 7) is 3.40. The van der Waals surface area contributed by atoms with Crippen molar-refractivity contribution in [3.8, 4) is 0 Å². The van der Waals surface area contributed by atoms with Crippen molar-refractivity contribution in [2.75, 3.05) is 20.1 Å². The highest BCUT2D eigenvalue weighted by Crippen LogP contribution is 2.35. The summed E-state index contributed by atoms with van der Waals surface area (Å²) in [6, 6.07) is 0. The highest BCUT2D eigenvalue weighted by Gasteiger charge is 2.36. The van der Waals surface area contributed by atoms with Gasteiger partial charge in [-0.1, -0.05) is 19.8 Å². The standard InChI is InChI=1S/C15H29N3O2.HI/c1-14(7-4-3-6-12(14)19)10-17-13(16-2)18-11-15(20)8-5-9-15;/h12,19-20H,3-11H2,1-2H3,(H2,16,17,18);1H. The first kappa shape index (κ1) is 19.0. The normalized spacial score (nSPS) is 31.8. The van der Waals surface area contributed by atoms with Gasteiger partial charge in [-0.25, -0.2) is 0 Å². The lowest BCUT2D eigenvalue weighted by atomic mass is 9.73. The third-order valence-electron chi connectivity index (χ3n) is 5.03. The first-order chi connectivity index (χ1) is 9.47. The smallest absolute Gasteiger partial charge is 0.191 e. The Morgan fingerprint density at radius 3 is 2.33 bits per heavy atom. The third-order valence-corrected chi connectivity index (χ3v) is 5.03. The van der Waals surface area contributed by atoms with E-state index in [0.29, 0.717) is 19.0 Å². The number of hydrogen-bond donors (Lipinski definition) is 4. The van der Waals surface area contributed by atoms with Crippen molar-refractivity contribution < 1.29 is 10.2 Å². The van der Waals surface area contributed by atoms with Crippen LogP contribution in [-0.2, 0) is 0 Å². The van der Waals surface area contributed by atoms with E-state index in [0.717, 1.165) is 38.5 Å². The number of halogens is 1. The average molecular weight is 411 g/mol. The Labute approximate surface area is 145 Å². The molecule has 0 aromatic heterocycles. The van der Waals surface area contributed by atoms with Gasteiger partial charge in [0.1, 0.15) is 0 Å². The summed E-state index contributed by atoms with van der Waals surface area (Å²) in [4.78, 5) is 4.19. The molecule has 0 saturated heterocycles. The molecule has 6 heteroatoms. The molecule has 0 spiro atoms. The zero-order valence-electron chi connectivity index (χ0n) is 13.2. The van der Waals surface area contributed by atoms with Gasteiger partial charge in [-0.05, 0) is 32.1 Å². The largest absolute Gasteiger partial charge is 0.392 e. The first-order valence-corrected chi connectivity index (χ1v) is 7.82. The van der Waals surface area contributed by atoms with Gasteiger partial charge in [0.2, 0.25) is 0 Å². The topological polar surface area (TPSA) is 76.9 Å². The molecule has 0 bridgehead atoms. The van der Waals surface area contributed by atoms with Crippen molar-refractivity contribution in [1.82, 2.24) is 10.6 Å². The molecule has 2 atom stereocenters. The van der Waals surface area contributed by atoms with Gasteiger partial charge in [-0.2, -0.15) is 0 Å². The van der Waals surface area contributed by atoms with Gasteiger partial charge in [0.05, 0.1) is 11.7 Å². The van der Waals surface area contributed by atoms with E-state index >= 15 is 0 Å². The zero-order valence-corrected chi connectivity index (χ0v) is 15.5. The Balaban J connectivity index is 0.00000220. The second-order valence-electron chi connectivity index (χ2n) is 6.77. The van der Waals surface area contributed by atoms with E-state index in [2.05, 4.69) is 22.5 Å². The van der Waals surface area contributed by atoms with E-state index in [1.165, 1.54) is 6.42 Å². The van der Waals surface area contributed by atoms with E-state index < -0.39 is 5.60 Å². The Morgan fingerprint density at radius 1 is 1.14 bits per heavy atom. The van der Waals surface area contributed by atoms with Gasteiger partial charge >= 0.3 is 0 Å². The molecule has 2 aliphatic carbocycles. The van der Waals surface area contributed by atoms with Gasteiger partial charge in [0.25, 0.3) is 0 Å². The SMILES string of the molecule is CN=C(NCC1(O)CCC1)NCC1(C)CCCCC1O.I. The van der Waals surface area contributed by atoms with Crippen molar-refractivity contribution in [1.29, 1.82) is 0 Å². The maximum absolute atomic E-state index is 10.2. The van der Waals surface area contributed by atoms with Crippen molar-refractivity contribution >= 4 is 29.9 Å². The Hall–Kier alpha value is -0.0800. The van der Waals surface area contributed by atoms with Crippen LogP contribution < -0.4 is 10.6 Å². The van der Waals surface area contributed by atoms with E-state index in [-0.39, 0.29) is 35.5 Å². The summed E-state index contributed by atoms with van der Waals surface area (Å²) in [5.74, 6) is 0.712. The Kier molecular flexibility index (Phi) is 7.19. The Morgan fingerprint density at radius 2 is 1.81 bits per heavy atom. The maximum Gasteiger partial charge on any atom is 0.191 e. The number of rotatable bonds is 4. The van der Waals surface area contributed by atoms with E-state index in [1.807, 2.05) is 0 Å². The molecule has 124 valence electrons. The summed E-state index contributed by atoms with van der Waals surface area (Å²) in [7, 11) is 1.74.